The smallest absolute Gasteiger partial charge is 0.145 e. The molecule has 0 radical (unpaired) electrons. The van der Waals surface area contributed by atoms with Gasteiger partial charge in [-0.2, -0.15) is 0 Å². The Hall–Kier alpha value is -1.18. The van der Waals surface area contributed by atoms with Gasteiger partial charge in [0, 0.05) is 23.7 Å². The van der Waals surface area contributed by atoms with Crippen molar-refractivity contribution in [3.05, 3.63) is 30.1 Å². The number of rotatable bonds is 3. The van der Waals surface area contributed by atoms with Crippen LogP contribution in [0.5, 0.6) is 0 Å². The predicted octanol–water partition coefficient (Wildman–Crippen LogP) is 3.33. The Morgan fingerprint density at radius 2 is 1.88 bits per heavy atom. The summed E-state index contributed by atoms with van der Waals surface area (Å²) in [4.78, 5) is 16.4. The molecule has 0 bridgehead atoms. The average molecular weight is 217 g/mol. The molecule has 2 rings (SSSR count). The second-order valence-electron chi connectivity index (χ2n) is 5.13. The van der Waals surface area contributed by atoms with E-state index in [-0.39, 0.29) is 11.3 Å². The van der Waals surface area contributed by atoms with E-state index < -0.39 is 0 Å². The van der Waals surface area contributed by atoms with E-state index in [1.807, 2.05) is 19.1 Å². The quantitative estimate of drug-likeness (QED) is 0.777. The molecule has 1 heterocycles. The molecule has 2 nitrogen and oxygen atoms in total. The van der Waals surface area contributed by atoms with Crippen LogP contribution in [0.25, 0.3) is 0 Å². The van der Waals surface area contributed by atoms with Gasteiger partial charge in [0.2, 0.25) is 0 Å². The first-order valence-electron chi connectivity index (χ1n) is 6.08. The van der Waals surface area contributed by atoms with Gasteiger partial charge >= 0.3 is 0 Å². The Labute approximate surface area is 97.1 Å². The molecule has 1 atom stereocenters. The van der Waals surface area contributed by atoms with Crippen LogP contribution in [-0.2, 0) is 4.79 Å². The van der Waals surface area contributed by atoms with Gasteiger partial charge in [0.1, 0.15) is 5.78 Å². The second kappa shape index (κ2) is 4.36. The van der Waals surface area contributed by atoms with Gasteiger partial charge < -0.3 is 0 Å². The zero-order chi connectivity index (χ0) is 11.6. The summed E-state index contributed by atoms with van der Waals surface area (Å²) in [5.74, 6) is 0.405. The van der Waals surface area contributed by atoms with Crippen molar-refractivity contribution in [1.82, 2.24) is 4.98 Å². The molecule has 1 fully saturated rings. The minimum absolute atomic E-state index is 0.00565. The van der Waals surface area contributed by atoms with Crippen molar-refractivity contribution in [3.63, 3.8) is 0 Å². The van der Waals surface area contributed by atoms with E-state index in [4.69, 9.17) is 0 Å². The molecule has 0 aliphatic heterocycles. The summed E-state index contributed by atoms with van der Waals surface area (Å²) in [5, 5.41) is 0. The first-order valence-corrected chi connectivity index (χ1v) is 6.08. The molecule has 86 valence electrons. The van der Waals surface area contributed by atoms with Crippen LogP contribution in [-0.4, -0.2) is 10.8 Å². The molecule has 1 saturated carbocycles. The molecule has 2 heteroatoms. The highest BCUT2D eigenvalue weighted by Gasteiger charge is 2.38. The molecular formula is C14H19NO. The minimum atomic E-state index is -0.0807. The molecule has 1 unspecified atom stereocenters. The van der Waals surface area contributed by atoms with Gasteiger partial charge in [-0.25, -0.2) is 0 Å². The summed E-state index contributed by atoms with van der Waals surface area (Å²) >= 11 is 0. The SMILES string of the molecule is CC(C(=O)C1(C)CCCC1)c1ccncc1. The third-order valence-corrected chi connectivity index (χ3v) is 3.90. The van der Waals surface area contributed by atoms with Crippen molar-refractivity contribution in [2.24, 2.45) is 5.41 Å². The van der Waals surface area contributed by atoms with Gasteiger partial charge in [0.05, 0.1) is 0 Å². The molecule has 1 aromatic rings. The van der Waals surface area contributed by atoms with Crippen LogP contribution in [0.1, 0.15) is 51.0 Å². The molecule has 0 amide bonds. The van der Waals surface area contributed by atoms with Crippen LogP contribution in [0.2, 0.25) is 0 Å². The summed E-state index contributed by atoms with van der Waals surface area (Å²) in [6.45, 7) is 4.14. The molecule has 1 aromatic heterocycles. The van der Waals surface area contributed by atoms with Crippen molar-refractivity contribution < 1.29 is 4.79 Å². The number of carbonyl (C=O) groups excluding carboxylic acids is 1. The zero-order valence-corrected chi connectivity index (χ0v) is 10.1. The number of aromatic nitrogens is 1. The van der Waals surface area contributed by atoms with Gasteiger partial charge in [0.15, 0.2) is 0 Å². The first kappa shape index (κ1) is 11.3. The Balaban J connectivity index is 2.16. The minimum Gasteiger partial charge on any atom is -0.298 e. The topological polar surface area (TPSA) is 30.0 Å². The van der Waals surface area contributed by atoms with Crippen LogP contribution >= 0.6 is 0 Å². The van der Waals surface area contributed by atoms with Crippen molar-refractivity contribution in [2.75, 3.05) is 0 Å². The van der Waals surface area contributed by atoms with Crippen molar-refractivity contribution >= 4 is 5.78 Å². The lowest BCUT2D eigenvalue weighted by Crippen LogP contribution is -2.28. The highest BCUT2D eigenvalue weighted by atomic mass is 16.1. The van der Waals surface area contributed by atoms with Gasteiger partial charge in [-0.3, -0.25) is 9.78 Å². The van der Waals surface area contributed by atoms with E-state index in [1.165, 1.54) is 12.8 Å². The Bertz CT molecular complexity index is 366. The fourth-order valence-corrected chi connectivity index (χ4v) is 2.73. The van der Waals surface area contributed by atoms with Crippen LogP contribution in [0.4, 0.5) is 0 Å². The summed E-state index contributed by atoms with van der Waals surface area (Å²) < 4.78 is 0. The normalized spacial score (nSPS) is 20.6. The summed E-state index contributed by atoms with van der Waals surface area (Å²) in [6.07, 6.45) is 8.03. The fraction of sp³-hybridized carbons (Fsp3) is 0.571. The third-order valence-electron chi connectivity index (χ3n) is 3.90. The Kier molecular flexibility index (Phi) is 3.08. The number of pyridine rings is 1. The standard InChI is InChI=1S/C14H19NO/c1-11(12-5-9-15-10-6-12)13(16)14(2)7-3-4-8-14/h5-6,9-11H,3-4,7-8H2,1-2H3. The highest BCUT2D eigenvalue weighted by Crippen LogP contribution is 2.41. The summed E-state index contributed by atoms with van der Waals surface area (Å²) in [6, 6.07) is 3.89. The lowest BCUT2D eigenvalue weighted by molar-refractivity contribution is -0.128. The van der Waals surface area contributed by atoms with Crippen LogP contribution in [0.3, 0.4) is 0 Å². The monoisotopic (exact) mass is 217 g/mol. The number of hydrogen-bond donors (Lipinski definition) is 0. The zero-order valence-electron chi connectivity index (χ0n) is 10.1. The van der Waals surface area contributed by atoms with Crippen LogP contribution in [0, 0.1) is 5.41 Å². The van der Waals surface area contributed by atoms with Gasteiger partial charge in [-0.15, -0.1) is 0 Å². The lowest BCUT2D eigenvalue weighted by atomic mass is 9.77. The van der Waals surface area contributed by atoms with Crippen molar-refractivity contribution in [3.8, 4) is 0 Å². The van der Waals surface area contributed by atoms with E-state index in [0.29, 0.717) is 5.78 Å². The fourth-order valence-electron chi connectivity index (χ4n) is 2.73. The van der Waals surface area contributed by atoms with E-state index in [2.05, 4.69) is 11.9 Å². The predicted molar refractivity (Wildman–Crippen MR) is 64.2 cm³/mol. The average Bonchev–Trinajstić information content (AvgIpc) is 2.77. The van der Waals surface area contributed by atoms with Gasteiger partial charge in [-0.1, -0.05) is 26.7 Å². The molecule has 0 spiro atoms. The van der Waals surface area contributed by atoms with Crippen LogP contribution in [0.15, 0.2) is 24.5 Å². The maximum absolute atomic E-state index is 12.4. The largest absolute Gasteiger partial charge is 0.298 e. The molecule has 1 aliphatic rings. The van der Waals surface area contributed by atoms with E-state index in [1.54, 1.807) is 12.4 Å². The van der Waals surface area contributed by atoms with Crippen molar-refractivity contribution in [2.45, 2.75) is 45.4 Å². The molecule has 0 aromatic carbocycles. The number of Topliss-reactive ketones (excluding diaryl/α,β-unsaturated/α-hetero) is 1. The third kappa shape index (κ3) is 2.01. The highest BCUT2D eigenvalue weighted by molar-refractivity contribution is 5.90. The second-order valence-corrected chi connectivity index (χ2v) is 5.13. The van der Waals surface area contributed by atoms with E-state index in [9.17, 15) is 4.79 Å². The number of hydrogen-bond acceptors (Lipinski definition) is 2. The van der Waals surface area contributed by atoms with Gasteiger partial charge in [-0.05, 0) is 30.5 Å². The molecule has 16 heavy (non-hydrogen) atoms. The van der Waals surface area contributed by atoms with Crippen molar-refractivity contribution in [1.29, 1.82) is 0 Å². The summed E-state index contributed by atoms with van der Waals surface area (Å²) in [5.41, 5.74) is 1.01. The maximum Gasteiger partial charge on any atom is 0.145 e. The Morgan fingerprint density at radius 3 is 2.44 bits per heavy atom. The summed E-state index contributed by atoms with van der Waals surface area (Å²) in [7, 11) is 0. The van der Waals surface area contributed by atoms with Crippen LogP contribution < -0.4 is 0 Å². The number of ketones is 1. The van der Waals surface area contributed by atoms with E-state index >= 15 is 0 Å². The molecule has 1 aliphatic carbocycles. The molecule has 0 saturated heterocycles. The maximum atomic E-state index is 12.4. The lowest BCUT2D eigenvalue weighted by Gasteiger charge is -2.25. The number of carbonyl (C=O) groups is 1. The number of nitrogens with zero attached hydrogens (tertiary/aromatic N) is 1. The van der Waals surface area contributed by atoms with E-state index in [0.717, 1.165) is 18.4 Å². The molecule has 0 N–H and O–H groups in total. The first-order chi connectivity index (χ1) is 7.63. The molecular weight excluding hydrogens is 198 g/mol. The van der Waals surface area contributed by atoms with Gasteiger partial charge in [0.25, 0.3) is 0 Å². The Morgan fingerprint density at radius 1 is 1.31 bits per heavy atom.